The van der Waals surface area contributed by atoms with Crippen molar-refractivity contribution < 1.29 is 4.79 Å². The molecule has 2 aromatic rings. The fourth-order valence-electron chi connectivity index (χ4n) is 1.25. The lowest BCUT2D eigenvalue weighted by Gasteiger charge is -2.07. The van der Waals surface area contributed by atoms with Crippen LogP contribution >= 0.6 is 27.3 Å². The van der Waals surface area contributed by atoms with Crippen molar-refractivity contribution in [1.82, 2.24) is 14.8 Å². The van der Waals surface area contributed by atoms with Gasteiger partial charge in [0.25, 0.3) is 0 Å². The second-order valence-electron chi connectivity index (χ2n) is 3.38. The Hall–Kier alpha value is -1.25. The molecule has 1 atom stereocenters. The van der Waals surface area contributed by atoms with E-state index in [9.17, 15) is 4.79 Å². The zero-order valence-electron chi connectivity index (χ0n) is 8.92. The largest absolute Gasteiger partial charge is 0.316 e. The molecule has 2 heterocycles. The molecule has 1 amide bonds. The molecule has 0 aliphatic heterocycles. The quantitative estimate of drug-likeness (QED) is 0.893. The number of aromatic nitrogens is 3. The van der Waals surface area contributed by atoms with Gasteiger partial charge in [-0.15, -0.1) is 0 Å². The number of amides is 1. The maximum atomic E-state index is 11.8. The summed E-state index contributed by atoms with van der Waals surface area (Å²) in [4.78, 5) is 15.8. The first-order valence-electron chi connectivity index (χ1n) is 4.72. The topological polar surface area (TPSA) is 85.8 Å². The van der Waals surface area contributed by atoms with E-state index in [2.05, 4.69) is 31.3 Å². The van der Waals surface area contributed by atoms with Gasteiger partial charge in [-0.25, -0.2) is 4.98 Å². The third kappa shape index (κ3) is 2.90. The van der Waals surface area contributed by atoms with E-state index in [-0.39, 0.29) is 5.91 Å². The summed E-state index contributed by atoms with van der Waals surface area (Å²) < 4.78 is 2.45. The zero-order chi connectivity index (χ0) is 12.4. The number of nitrogens with two attached hydrogens (primary N) is 1. The number of halogens is 1. The number of nitrogens with one attached hydrogen (secondary N) is 1. The van der Waals surface area contributed by atoms with Gasteiger partial charge >= 0.3 is 0 Å². The van der Waals surface area contributed by atoms with Gasteiger partial charge in [0.15, 0.2) is 5.13 Å². The first-order valence-corrected chi connectivity index (χ1v) is 6.33. The summed E-state index contributed by atoms with van der Waals surface area (Å²) in [7, 11) is 1.77. The third-order valence-corrected chi connectivity index (χ3v) is 3.47. The Bertz CT molecular complexity index is 537. The molecule has 2 aromatic heterocycles. The van der Waals surface area contributed by atoms with E-state index in [0.717, 1.165) is 3.79 Å². The van der Waals surface area contributed by atoms with Crippen molar-refractivity contribution in [1.29, 1.82) is 0 Å². The number of carbonyl (C=O) groups is 1. The van der Waals surface area contributed by atoms with Gasteiger partial charge in [-0.1, -0.05) is 11.3 Å². The van der Waals surface area contributed by atoms with Crippen molar-refractivity contribution in [3.05, 3.63) is 27.9 Å². The van der Waals surface area contributed by atoms with Crippen molar-refractivity contribution in [2.45, 2.75) is 6.04 Å². The van der Waals surface area contributed by atoms with Crippen LogP contribution in [0.4, 0.5) is 5.13 Å². The molecule has 0 spiro atoms. The molecule has 0 aliphatic rings. The fourth-order valence-corrected chi connectivity index (χ4v) is 2.36. The summed E-state index contributed by atoms with van der Waals surface area (Å²) in [5.41, 5.74) is 6.47. The van der Waals surface area contributed by atoms with Gasteiger partial charge in [-0.3, -0.25) is 9.48 Å². The second kappa shape index (κ2) is 4.94. The summed E-state index contributed by atoms with van der Waals surface area (Å²) in [5, 5.41) is 7.13. The fraction of sp³-hybridized carbons (Fsp3) is 0.222. The van der Waals surface area contributed by atoms with E-state index in [0.29, 0.717) is 10.7 Å². The Balaban J connectivity index is 2.05. The molecule has 3 N–H and O–H groups in total. The number of thiazole rings is 1. The summed E-state index contributed by atoms with van der Waals surface area (Å²) >= 11 is 4.60. The van der Waals surface area contributed by atoms with Gasteiger partial charge in [0.1, 0.15) is 6.04 Å². The molecule has 2 rings (SSSR count). The van der Waals surface area contributed by atoms with Crippen LogP contribution in [0.25, 0.3) is 0 Å². The third-order valence-electron chi connectivity index (χ3n) is 2.07. The summed E-state index contributed by atoms with van der Waals surface area (Å²) in [6.45, 7) is 0. The molecular formula is C9H10BrN5OS. The van der Waals surface area contributed by atoms with Gasteiger partial charge in [-0.2, -0.15) is 5.10 Å². The minimum atomic E-state index is -0.744. The molecular weight excluding hydrogens is 306 g/mol. The molecule has 0 saturated heterocycles. The molecule has 0 fully saturated rings. The predicted molar refractivity (Wildman–Crippen MR) is 68.6 cm³/mol. The van der Waals surface area contributed by atoms with Gasteiger partial charge in [0, 0.05) is 18.8 Å². The Kier molecular flexibility index (Phi) is 3.55. The average Bonchev–Trinajstić information content (AvgIpc) is 2.87. The Morgan fingerprint density at radius 3 is 2.94 bits per heavy atom. The molecule has 0 aliphatic carbocycles. The van der Waals surface area contributed by atoms with E-state index in [1.54, 1.807) is 30.3 Å². The van der Waals surface area contributed by atoms with Crippen LogP contribution in [0.2, 0.25) is 0 Å². The molecule has 6 nitrogen and oxygen atoms in total. The lowest BCUT2D eigenvalue weighted by molar-refractivity contribution is -0.117. The molecule has 17 heavy (non-hydrogen) atoms. The zero-order valence-corrected chi connectivity index (χ0v) is 11.3. The molecule has 90 valence electrons. The van der Waals surface area contributed by atoms with E-state index in [1.807, 2.05) is 0 Å². The Morgan fingerprint density at radius 2 is 2.41 bits per heavy atom. The number of aryl methyl sites for hydroxylation is 1. The maximum absolute atomic E-state index is 11.8. The molecule has 0 bridgehead atoms. The lowest BCUT2D eigenvalue weighted by atomic mass is 10.1. The van der Waals surface area contributed by atoms with Gasteiger partial charge in [0.05, 0.1) is 16.2 Å². The van der Waals surface area contributed by atoms with Crippen LogP contribution in [0.5, 0.6) is 0 Å². The minimum Gasteiger partial charge on any atom is -0.316 e. The molecule has 0 aromatic carbocycles. The van der Waals surface area contributed by atoms with Crippen molar-refractivity contribution in [3.8, 4) is 0 Å². The van der Waals surface area contributed by atoms with Crippen LogP contribution < -0.4 is 11.1 Å². The predicted octanol–water partition coefficient (Wildman–Crippen LogP) is 1.28. The highest BCUT2D eigenvalue weighted by Gasteiger charge is 2.18. The van der Waals surface area contributed by atoms with Gasteiger partial charge in [-0.05, 0) is 15.9 Å². The Morgan fingerprint density at radius 1 is 1.65 bits per heavy atom. The highest BCUT2D eigenvalue weighted by molar-refractivity contribution is 9.11. The molecule has 1 unspecified atom stereocenters. The van der Waals surface area contributed by atoms with Crippen molar-refractivity contribution >= 4 is 38.3 Å². The number of anilines is 1. The number of hydrogen-bond donors (Lipinski definition) is 2. The average molecular weight is 316 g/mol. The minimum absolute atomic E-state index is 0.306. The smallest absolute Gasteiger partial charge is 0.247 e. The highest BCUT2D eigenvalue weighted by atomic mass is 79.9. The lowest BCUT2D eigenvalue weighted by Crippen LogP contribution is -2.27. The number of rotatable bonds is 3. The highest BCUT2D eigenvalue weighted by Crippen LogP contribution is 2.23. The summed E-state index contributed by atoms with van der Waals surface area (Å²) in [6, 6.07) is -0.744. The van der Waals surface area contributed by atoms with Crippen LogP contribution in [-0.2, 0) is 11.8 Å². The molecule has 0 saturated carbocycles. The van der Waals surface area contributed by atoms with Crippen molar-refractivity contribution in [3.63, 3.8) is 0 Å². The van der Waals surface area contributed by atoms with E-state index in [1.165, 1.54) is 11.3 Å². The summed E-state index contributed by atoms with van der Waals surface area (Å²) in [5.74, 6) is -0.306. The van der Waals surface area contributed by atoms with Crippen molar-refractivity contribution in [2.24, 2.45) is 12.8 Å². The molecule has 8 heteroatoms. The maximum Gasteiger partial charge on any atom is 0.247 e. The van der Waals surface area contributed by atoms with Crippen LogP contribution in [0.15, 0.2) is 22.4 Å². The SMILES string of the molecule is Cn1cc(C(N)C(=O)Nc2ncc(Br)s2)cn1. The first kappa shape index (κ1) is 12.2. The summed E-state index contributed by atoms with van der Waals surface area (Å²) in [6.07, 6.45) is 4.90. The van der Waals surface area contributed by atoms with Crippen LogP contribution in [-0.4, -0.2) is 20.7 Å². The van der Waals surface area contributed by atoms with E-state index >= 15 is 0 Å². The van der Waals surface area contributed by atoms with E-state index in [4.69, 9.17) is 5.73 Å². The molecule has 0 radical (unpaired) electrons. The first-order chi connectivity index (χ1) is 8.06. The van der Waals surface area contributed by atoms with Crippen LogP contribution in [0.1, 0.15) is 11.6 Å². The van der Waals surface area contributed by atoms with Gasteiger partial charge < -0.3 is 11.1 Å². The van der Waals surface area contributed by atoms with Crippen LogP contribution in [0.3, 0.4) is 0 Å². The normalized spacial score (nSPS) is 12.4. The Labute approximate surface area is 110 Å². The van der Waals surface area contributed by atoms with Crippen LogP contribution in [0, 0.1) is 0 Å². The van der Waals surface area contributed by atoms with Gasteiger partial charge in [0.2, 0.25) is 5.91 Å². The number of nitrogens with zero attached hydrogens (tertiary/aromatic N) is 3. The number of carbonyl (C=O) groups excluding carboxylic acids is 1. The number of hydrogen-bond acceptors (Lipinski definition) is 5. The monoisotopic (exact) mass is 315 g/mol. The standard InChI is InChI=1S/C9H10BrN5OS/c1-15-4-5(2-13-15)7(11)8(16)14-9-12-3-6(10)17-9/h2-4,7H,11H2,1H3,(H,12,14,16). The van der Waals surface area contributed by atoms with Crippen molar-refractivity contribution in [2.75, 3.05) is 5.32 Å². The second-order valence-corrected chi connectivity index (χ2v) is 5.79. The van der Waals surface area contributed by atoms with E-state index < -0.39 is 6.04 Å².